The van der Waals surface area contributed by atoms with Crippen molar-refractivity contribution in [1.29, 1.82) is 0 Å². The van der Waals surface area contributed by atoms with Crippen molar-refractivity contribution in [1.82, 2.24) is 0 Å². The number of hydrogen-bond donors (Lipinski definition) is 0. The molecule has 0 saturated carbocycles. The van der Waals surface area contributed by atoms with Gasteiger partial charge in [-0.25, -0.2) is 0 Å². The summed E-state index contributed by atoms with van der Waals surface area (Å²) < 4.78 is 0. The Morgan fingerprint density at radius 3 is 2.22 bits per heavy atom. The molecular formula is C14H20ClNO2. The van der Waals surface area contributed by atoms with E-state index in [9.17, 15) is 10.1 Å². The van der Waals surface area contributed by atoms with Crippen molar-refractivity contribution in [3.63, 3.8) is 0 Å². The zero-order valence-electron chi connectivity index (χ0n) is 11.4. The third-order valence-electron chi connectivity index (χ3n) is 3.63. The summed E-state index contributed by atoms with van der Waals surface area (Å²) in [5, 5.41) is 11.4. The lowest BCUT2D eigenvalue weighted by molar-refractivity contribution is -0.384. The molecule has 0 radical (unpaired) electrons. The van der Waals surface area contributed by atoms with Gasteiger partial charge in [0.05, 0.1) is 4.92 Å². The highest BCUT2D eigenvalue weighted by atomic mass is 35.5. The molecule has 0 heterocycles. The Hall–Kier alpha value is -1.09. The fourth-order valence-electron chi connectivity index (χ4n) is 1.89. The maximum Gasteiger partial charge on any atom is 0.288 e. The molecule has 0 aliphatic carbocycles. The van der Waals surface area contributed by atoms with Crippen molar-refractivity contribution >= 4 is 17.3 Å². The van der Waals surface area contributed by atoms with E-state index in [0.717, 1.165) is 24.0 Å². The van der Waals surface area contributed by atoms with Gasteiger partial charge in [0.1, 0.15) is 5.02 Å². The minimum atomic E-state index is -0.389. The molecule has 4 heteroatoms. The van der Waals surface area contributed by atoms with Crippen LogP contribution in [0.3, 0.4) is 0 Å². The van der Waals surface area contributed by atoms with E-state index in [0.29, 0.717) is 10.9 Å². The summed E-state index contributed by atoms with van der Waals surface area (Å²) in [5.41, 5.74) is 1.93. The first-order valence-electron chi connectivity index (χ1n) is 6.40. The van der Waals surface area contributed by atoms with Crippen molar-refractivity contribution < 1.29 is 4.92 Å². The van der Waals surface area contributed by atoms with Crippen LogP contribution in [-0.4, -0.2) is 4.92 Å². The smallest absolute Gasteiger partial charge is 0.258 e. The van der Waals surface area contributed by atoms with E-state index in [4.69, 9.17) is 11.6 Å². The maximum atomic E-state index is 11.1. The van der Waals surface area contributed by atoms with Crippen molar-refractivity contribution in [3.8, 4) is 0 Å². The SMILES string of the molecule is CCC(C)c1cc(C(C)CC)c(Cl)c([N+](=O)[O-])c1. The standard InChI is InChI=1S/C14H20ClNO2/c1-5-9(3)11-7-12(10(4)6-2)14(15)13(8-11)16(17)18/h7-10H,5-6H2,1-4H3. The van der Waals surface area contributed by atoms with Gasteiger partial charge in [-0.15, -0.1) is 0 Å². The average molecular weight is 270 g/mol. The normalized spacial score (nSPS) is 14.3. The molecule has 2 atom stereocenters. The number of nitrogens with zero attached hydrogens (tertiary/aromatic N) is 1. The van der Waals surface area contributed by atoms with Crippen LogP contribution < -0.4 is 0 Å². The first-order chi connectivity index (χ1) is 8.42. The van der Waals surface area contributed by atoms with Crippen LogP contribution in [0.4, 0.5) is 5.69 Å². The largest absolute Gasteiger partial charge is 0.288 e. The molecular weight excluding hydrogens is 250 g/mol. The van der Waals surface area contributed by atoms with Crippen LogP contribution in [0.5, 0.6) is 0 Å². The minimum absolute atomic E-state index is 0.0322. The molecule has 1 aromatic carbocycles. The molecule has 3 nitrogen and oxygen atoms in total. The van der Waals surface area contributed by atoms with Gasteiger partial charge in [0, 0.05) is 6.07 Å². The predicted molar refractivity (Wildman–Crippen MR) is 75.5 cm³/mol. The first-order valence-corrected chi connectivity index (χ1v) is 6.77. The Kier molecular flexibility index (Phi) is 5.15. The summed E-state index contributed by atoms with van der Waals surface area (Å²) in [6, 6.07) is 3.64. The molecule has 1 rings (SSSR count). The van der Waals surface area contributed by atoms with Gasteiger partial charge in [0.15, 0.2) is 0 Å². The molecule has 0 aliphatic rings. The van der Waals surface area contributed by atoms with Gasteiger partial charge in [0.2, 0.25) is 0 Å². The number of benzene rings is 1. The van der Waals surface area contributed by atoms with Crippen molar-refractivity contribution in [2.45, 2.75) is 52.4 Å². The lowest BCUT2D eigenvalue weighted by Gasteiger charge is -2.16. The number of nitro groups is 1. The molecule has 0 fully saturated rings. The molecule has 0 aliphatic heterocycles. The Bertz CT molecular complexity index is 446. The molecule has 0 bridgehead atoms. The second-order valence-corrected chi connectivity index (χ2v) is 5.20. The summed E-state index contributed by atoms with van der Waals surface area (Å²) in [4.78, 5) is 10.7. The van der Waals surface area contributed by atoms with Crippen LogP contribution in [-0.2, 0) is 0 Å². The third-order valence-corrected chi connectivity index (χ3v) is 4.04. The van der Waals surface area contributed by atoms with E-state index in [2.05, 4.69) is 20.8 Å². The maximum absolute atomic E-state index is 11.1. The Balaban J connectivity index is 3.41. The summed E-state index contributed by atoms with van der Waals surface area (Å²) in [7, 11) is 0. The van der Waals surface area contributed by atoms with Crippen LogP contribution in [0.15, 0.2) is 12.1 Å². The number of rotatable bonds is 5. The first kappa shape index (κ1) is 15.0. The van der Waals surface area contributed by atoms with Crippen molar-refractivity contribution in [2.24, 2.45) is 0 Å². The molecule has 0 spiro atoms. The van der Waals surface area contributed by atoms with E-state index in [1.54, 1.807) is 6.07 Å². The highest BCUT2D eigenvalue weighted by molar-refractivity contribution is 6.33. The number of nitro benzene ring substituents is 1. The lowest BCUT2D eigenvalue weighted by atomic mass is 9.91. The third kappa shape index (κ3) is 3.02. The lowest BCUT2D eigenvalue weighted by Crippen LogP contribution is -2.02. The van der Waals surface area contributed by atoms with E-state index in [1.807, 2.05) is 13.0 Å². The van der Waals surface area contributed by atoms with Gasteiger partial charge in [-0.3, -0.25) is 10.1 Å². The fraction of sp³-hybridized carbons (Fsp3) is 0.571. The van der Waals surface area contributed by atoms with Crippen LogP contribution in [0.1, 0.15) is 63.5 Å². The van der Waals surface area contributed by atoms with E-state index < -0.39 is 0 Å². The Morgan fingerprint density at radius 1 is 1.22 bits per heavy atom. The second-order valence-electron chi connectivity index (χ2n) is 4.82. The Morgan fingerprint density at radius 2 is 1.78 bits per heavy atom. The average Bonchev–Trinajstić information content (AvgIpc) is 2.36. The quantitative estimate of drug-likeness (QED) is 0.539. The highest BCUT2D eigenvalue weighted by Crippen LogP contribution is 2.37. The van der Waals surface area contributed by atoms with Crippen molar-refractivity contribution in [2.75, 3.05) is 0 Å². The minimum Gasteiger partial charge on any atom is -0.258 e. The van der Waals surface area contributed by atoms with E-state index in [-0.39, 0.29) is 16.5 Å². The van der Waals surface area contributed by atoms with Crippen LogP contribution in [0, 0.1) is 10.1 Å². The number of halogens is 1. The fourth-order valence-corrected chi connectivity index (χ4v) is 2.25. The summed E-state index contributed by atoms with van der Waals surface area (Å²) >= 11 is 6.16. The molecule has 100 valence electrons. The molecule has 0 aromatic heterocycles. The molecule has 18 heavy (non-hydrogen) atoms. The van der Waals surface area contributed by atoms with Gasteiger partial charge in [-0.2, -0.15) is 0 Å². The zero-order valence-corrected chi connectivity index (χ0v) is 12.1. The molecule has 0 saturated heterocycles. The Labute approximate surface area is 113 Å². The molecule has 1 aromatic rings. The molecule has 0 amide bonds. The molecule has 2 unspecified atom stereocenters. The molecule has 0 N–H and O–H groups in total. The number of hydrogen-bond acceptors (Lipinski definition) is 2. The summed E-state index contributed by atoms with van der Waals surface area (Å²) in [5.74, 6) is 0.545. The summed E-state index contributed by atoms with van der Waals surface area (Å²) in [6.45, 7) is 8.26. The monoisotopic (exact) mass is 269 g/mol. The van der Waals surface area contributed by atoms with Crippen LogP contribution in [0.25, 0.3) is 0 Å². The van der Waals surface area contributed by atoms with Gasteiger partial charge >= 0.3 is 0 Å². The topological polar surface area (TPSA) is 43.1 Å². The van der Waals surface area contributed by atoms with Gasteiger partial charge in [-0.1, -0.05) is 45.4 Å². The highest BCUT2D eigenvalue weighted by Gasteiger charge is 2.21. The van der Waals surface area contributed by atoms with Gasteiger partial charge < -0.3 is 0 Å². The predicted octanol–water partition coefficient (Wildman–Crippen LogP) is 5.28. The summed E-state index contributed by atoms with van der Waals surface area (Å²) in [6.07, 6.45) is 1.87. The van der Waals surface area contributed by atoms with Crippen molar-refractivity contribution in [3.05, 3.63) is 38.4 Å². The van der Waals surface area contributed by atoms with Crippen LogP contribution in [0.2, 0.25) is 5.02 Å². The van der Waals surface area contributed by atoms with E-state index in [1.165, 1.54) is 0 Å². The van der Waals surface area contributed by atoms with Crippen LogP contribution >= 0.6 is 11.6 Å². The van der Waals surface area contributed by atoms with Gasteiger partial charge in [-0.05, 0) is 35.8 Å². The van der Waals surface area contributed by atoms with E-state index >= 15 is 0 Å². The second kappa shape index (κ2) is 6.19. The van der Waals surface area contributed by atoms with Gasteiger partial charge in [0.25, 0.3) is 5.69 Å². The zero-order chi connectivity index (χ0) is 13.9.